The average molecular weight is 544 g/mol. The van der Waals surface area contributed by atoms with Gasteiger partial charge in [-0.3, -0.25) is 4.79 Å². The molecular weight excluding hydrogens is 515 g/mol. The van der Waals surface area contributed by atoms with E-state index in [1.54, 1.807) is 6.92 Å². The Hall–Kier alpha value is -3.17. The predicted octanol–water partition coefficient (Wildman–Crippen LogP) is 7.19. The van der Waals surface area contributed by atoms with Crippen LogP contribution < -0.4 is 5.32 Å². The minimum Gasteiger partial charge on any atom is -0.462 e. The Labute approximate surface area is 222 Å². The van der Waals surface area contributed by atoms with E-state index in [4.69, 9.17) is 4.74 Å². The van der Waals surface area contributed by atoms with Gasteiger partial charge in [0.2, 0.25) is 0 Å². The van der Waals surface area contributed by atoms with Gasteiger partial charge in [0.05, 0.1) is 18.1 Å². The highest BCUT2D eigenvalue weighted by Gasteiger charge is 2.65. The van der Waals surface area contributed by atoms with Crippen LogP contribution in [0.2, 0.25) is 0 Å². The molecule has 2 fully saturated rings. The maximum Gasteiger partial charge on any atom is 0.398 e. The summed E-state index contributed by atoms with van der Waals surface area (Å²) in [7, 11) is 0. The smallest absolute Gasteiger partial charge is 0.398 e. The lowest BCUT2D eigenvalue weighted by molar-refractivity contribution is -0.161. The summed E-state index contributed by atoms with van der Waals surface area (Å²) in [5, 5.41) is 14.1. The van der Waals surface area contributed by atoms with Gasteiger partial charge in [0.15, 0.2) is 0 Å². The maximum absolute atomic E-state index is 14.1. The molecule has 1 aromatic heterocycles. The second-order valence-corrected chi connectivity index (χ2v) is 11.1. The molecule has 0 radical (unpaired) electrons. The van der Waals surface area contributed by atoms with Crippen LogP contribution in [0.15, 0.2) is 48.5 Å². The van der Waals surface area contributed by atoms with E-state index in [2.05, 4.69) is 5.32 Å². The van der Waals surface area contributed by atoms with Crippen molar-refractivity contribution < 1.29 is 32.6 Å². The molecule has 0 aliphatic heterocycles. The number of aliphatic hydroxyl groups excluding tert-OH is 1. The number of aliphatic hydroxyl groups is 1. The zero-order valence-electron chi connectivity index (χ0n) is 21.0. The molecule has 5 rings (SSSR count). The highest BCUT2D eigenvalue weighted by Crippen LogP contribution is 2.61. The third kappa shape index (κ3) is 4.62. The topological polar surface area (TPSA) is 75.6 Å². The molecule has 0 spiro atoms. The van der Waals surface area contributed by atoms with Crippen LogP contribution in [0.5, 0.6) is 0 Å². The first-order chi connectivity index (χ1) is 18.1. The molecule has 2 aromatic carbocycles. The standard InChI is InChI=1S/C29H28F3NO4S/c1-3-37-27(36)23-21(17-8-5-4-6-9-17)16(2)38-26(23)33-25(35)19-10-7-11-20(22(19)24(34)18-12-13-18)28(14-15-28)29(30,31)32/h4-11,18,24,34H,3,12-15H2,1-2H3,(H,33,35). The Morgan fingerprint density at radius 1 is 1.13 bits per heavy atom. The number of benzene rings is 2. The van der Waals surface area contributed by atoms with Crippen molar-refractivity contribution in [1.82, 2.24) is 0 Å². The molecule has 0 bridgehead atoms. The lowest BCUT2D eigenvalue weighted by atomic mass is 9.84. The number of carbonyl (C=O) groups excluding carboxylic acids is 2. The van der Waals surface area contributed by atoms with E-state index in [0.717, 1.165) is 10.4 Å². The van der Waals surface area contributed by atoms with Crippen LogP contribution in [0.4, 0.5) is 18.2 Å². The summed E-state index contributed by atoms with van der Waals surface area (Å²) >= 11 is 1.20. The van der Waals surface area contributed by atoms with Gasteiger partial charge in [0.1, 0.15) is 10.6 Å². The third-order valence-electron chi connectivity index (χ3n) is 7.38. The summed E-state index contributed by atoms with van der Waals surface area (Å²) in [6.07, 6.45) is -4.46. The molecule has 1 atom stereocenters. The first-order valence-electron chi connectivity index (χ1n) is 12.6. The third-order valence-corrected chi connectivity index (χ3v) is 8.40. The van der Waals surface area contributed by atoms with E-state index in [-0.39, 0.29) is 52.6 Å². The van der Waals surface area contributed by atoms with E-state index in [1.807, 2.05) is 37.3 Å². The van der Waals surface area contributed by atoms with E-state index < -0.39 is 29.6 Å². The fourth-order valence-corrected chi connectivity index (χ4v) is 6.19. The van der Waals surface area contributed by atoms with Crippen LogP contribution in [-0.2, 0) is 10.2 Å². The Balaban J connectivity index is 1.59. The van der Waals surface area contributed by atoms with Crippen molar-refractivity contribution in [1.29, 1.82) is 0 Å². The molecule has 0 saturated heterocycles. The number of esters is 1. The van der Waals surface area contributed by atoms with Gasteiger partial charge >= 0.3 is 12.1 Å². The zero-order valence-corrected chi connectivity index (χ0v) is 21.8. The molecule has 2 N–H and O–H groups in total. The monoisotopic (exact) mass is 543 g/mol. The van der Waals surface area contributed by atoms with Crippen LogP contribution in [0, 0.1) is 12.8 Å². The van der Waals surface area contributed by atoms with Crippen molar-refractivity contribution in [3.05, 3.63) is 75.7 Å². The van der Waals surface area contributed by atoms with E-state index in [1.165, 1.54) is 29.5 Å². The SMILES string of the molecule is CCOC(=O)c1c(NC(=O)c2cccc(C3(C(F)(F)F)CC3)c2C(O)C2CC2)sc(C)c1-c1ccccc1. The molecular formula is C29H28F3NO4S. The number of thiophene rings is 1. The summed E-state index contributed by atoms with van der Waals surface area (Å²) in [5.41, 5.74) is -0.456. The molecule has 2 saturated carbocycles. The Morgan fingerprint density at radius 2 is 1.82 bits per heavy atom. The highest BCUT2D eigenvalue weighted by atomic mass is 32.1. The van der Waals surface area contributed by atoms with E-state index in [9.17, 15) is 27.9 Å². The molecule has 1 unspecified atom stereocenters. The van der Waals surface area contributed by atoms with Gasteiger partial charge in [-0.05, 0) is 68.2 Å². The summed E-state index contributed by atoms with van der Waals surface area (Å²) in [6.45, 7) is 3.64. The van der Waals surface area contributed by atoms with Crippen molar-refractivity contribution >= 4 is 28.2 Å². The number of anilines is 1. The number of hydrogen-bond donors (Lipinski definition) is 2. The van der Waals surface area contributed by atoms with Gasteiger partial charge in [0, 0.05) is 16.0 Å². The molecule has 200 valence electrons. The van der Waals surface area contributed by atoms with Gasteiger partial charge in [0.25, 0.3) is 5.91 Å². The van der Waals surface area contributed by atoms with Crippen molar-refractivity contribution in [3.8, 4) is 11.1 Å². The minimum atomic E-state index is -4.49. The molecule has 2 aliphatic carbocycles. The number of aryl methyl sites for hydroxylation is 1. The lowest BCUT2D eigenvalue weighted by Crippen LogP contribution is -2.31. The largest absolute Gasteiger partial charge is 0.462 e. The van der Waals surface area contributed by atoms with Gasteiger partial charge in [-0.25, -0.2) is 4.79 Å². The molecule has 3 aromatic rings. The summed E-state index contributed by atoms with van der Waals surface area (Å²) < 4.78 is 47.6. The van der Waals surface area contributed by atoms with E-state index >= 15 is 0 Å². The second-order valence-electron chi connectivity index (χ2n) is 9.91. The first-order valence-corrected chi connectivity index (χ1v) is 13.5. The lowest BCUT2D eigenvalue weighted by Gasteiger charge is -2.26. The predicted molar refractivity (Wildman–Crippen MR) is 139 cm³/mol. The average Bonchev–Trinajstić information content (AvgIpc) is 3.80. The number of nitrogens with one attached hydrogen (secondary N) is 1. The van der Waals surface area contributed by atoms with Crippen molar-refractivity contribution in [2.75, 3.05) is 11.9 Å². The molecule has 38 heavy (non-hydrogen) atoms. The van der Waals surface area contributed by atoms with Gasteiger partial charge in [-0.2, -0.15) is 13.2 Å². The second kappa shape index (κ2) is 9.85. The molecule has 2 aliphatic rings. The normalized spacial score (nSPS) is 17.1. The summed E-state index contributed by atoms with van der Waals surface area (Å²) in [4.78, 5) is 27.5. The van der Waals surface area contributed by atoms with Gasteiger partial charge < -0.3 is 15.2 Å². The highest BCUT2D eigenvalue weighted by molar-refractivity contribution is 7.17. The fourth-order valence-electron chi connectivity index (χ4n) is 5.13. The Kier molecular flexibility index (Phi) is 6.86. The summed E-state index contributed by atoms with van der Waals surface area (Å²) in [6, 6.07) is 13.5. The molecule has 1 amide bonds. The zero-order chi connectivity index (χ0) is 27.2. The van der Waals surface area contributed by atoms with Crippen LogP contribution >= 0.6 is 11.3 Å². The minimum absolute atomic E-state index is 0.0143. The molecule has 9 heteroatoms. The number of carbonyl (C=O) groups is 2. The van der Waals surface area contributed by atoms with Crippen LogP contribution in [0.3, 0.4) is 0 Å². The number of hydrogen-bond acceptors (Lipinski definition) is 5. The van der Waals surface area contributed by atoms with E-state index in [0.29, 0.717) is 18.4 Å². The number of halogens is 3. The van der Waals surface area contributed by atoms with Crippen molar-refractivity contribution in [2.45, 2.75) is 57.2 Å². The van der Waals surface area contributed by atoms with Crippen molar-refractivity contribution in [3.63, 3.8) is 0 Å². The first kappa shape index (κ1) is 26.4. The Bertz CT molecular complexity index is 1370. The van der Waals surface area contributed by atoms with Crippen molar-refractivity contribution in [2.24, 2.45) is 5.92 Å². The summed E-state index contributed by atoms with van der Waals surface area (Å²) in [5.74, 6) is -1.46. The van der Waals surface area contributed by atoms with Crippen LogP contribution in [-0.4, -0.2) is 29.8 Å². The number of ether oxygens (including phenoxy) is 1. The fraction of sp³-hybridized carbons (Fsp3) is 0.379. The maximum atomic E-state index is 14.1. The van der Waals surface area contributed by atoms with Crippen LogP contribution in [0.25, 0.3) is 11.1 Å². The van der Waals surface area contributed by atoms with Crippen LogP contribution in [0.1, 0.15) is 75.4 Å². The quantitative estimate of drug-likeness (QED) is 0.295. The number of alkyl halides is 3. The number of rotatable bonds is 8. The van der Waals surface area contributed by atoms with Gasteiger partial charge in [-0.15, -0.1) is 11.3 Å². The Morgan fingerprint density at radius 3 is 2.39 bits per heavy atom. The van der Waals surface area contributed by atoms with Gasteiger partial charge in [-0.1, -0.05) is 42.5 Å². The molecule has 5 nitrogen and oxygen atoms in total. The molecule has 1 heterocycles. The number of amides is 1.